The topological polar surface area (TPSA) is 84.3 Å². The maximum absolute atomic E-state index is 12.1. The molecular formula is C17H13N3O3. The molecule has 0 aliphatic rings. The van der Waals surface area contributed by atoms with Crippen LogP contribution in [-0.2, 0) is 0 Å². The molecule has 1 amide bonds. The number of ether oxygens (including phenoxy) is 1. The van der Waals surface area contributed by atoms with Crippen molar-refractivity contribution in [2.75, 3.05) is 5.32 Å². The molecule has 0 aliphatic carbocycles. The number of anilines is 1. The summed E-state index contributed by atoms with van der Waals surface area (Å²) in [4.78, 5) is 20.1. The Hall–Kier alpha value is -3.41. The van der Waals surface area contributed by atoms with E-state index in [0.29, 0.717) is 17.0 Å². The molecule has 0 radical (unpaired) electrons. The largest absolute Gasteiger partial charge is 0.508 e. The lowest BCUT2D eigenvalue weighted by atomic mass is 10.2. The van der Waals surface area contributed by atoms with Crippen LogP contribution in [0, 0.1) is 0 Å². The minimum Gasteiger partial charge on any atom is -0.508 e. The number of carbonyl (C=O) groups is 1. The van der Waals surface area contributed by atoms with Crippen LogP contribution in [0.3, 0.4) is 0 Å². The fraction of sp³-hybridized carbons (Fsp3) is 0. The van der Waals surface area contributed by atoms with E-state index in [0.717, 1.165) is 0 Å². The fourth-order valence-electron chi connectivity index (χ4n) is 1.83. The van der Waals surface area contributed by atoms with Gasteiger partial charge in [0.15, 0.2) is 0 Å². The molecule has 2 aromatic carbocycles. The molecule has 0 saturated carbocycles. The molecule has 0 unspecified atom stereocenters. The molecule has 114 valence electrons. The monoisotopic (exact) mass is 307 g/mol. The lowest BCUT2D eigenvalue weighted by molar-refractivity contribution is 0.102. The summed E-state index contributed by atoms with van der Waals surface area (Å²) in [5, 5.41) is 11.9. The van der Waals surface area contributed by atoms with Gasteiger partial charge in [-0.05, 0) is 36.4 Å². The predicted octanol–water partition coefficient (Wildman–Crippen LogP) is 3.23. The molecule has 23 heavy (non-hydrogen) atoms. The molecule has 0 spiro atoms. The van der Waals surface area contributed by atoms with Crippen LogP contribution in [0.1, 0.15) is 10.4 Å². The van der Waals surface area contributed by atoms with Crippen LogP contribution < -0.4 is 10.1 Å². The maximum atomic E-state index is 12.1. The van der Waals surface area contributed by atoms with Crippen molar-refractivity contribution >= 4 is 11.6 Å². The van der Waals surface area contributed by atoms with E-state index >= 15 is 0 Å². The third-order valence-electron chi connectivity index (χ3n) is 2.97. The van der Waals surface area contributed by atoms with Gasteiger partial charge in [-0.2, -0.15) is 0 Å². The Morgan fingerprint density at radius 2 is 1.61 bits per heavy atom. The average molecular weight is 307 g/mol. The molecule has 1 heterocycles. The van der Waals surface area contributed by atoms with E-state index in [1.165, 1.54) is 24.5 Å². The highest BCUT2D eigenvalue weighted by atomic mass is 16.5. The van der Waals surface area contributed by atoms with Gasteiger partial charge in [0.05, 0.1) is 5.56 Å². The van der Waals surface area contributed by atoms with Crippen LogP contribution in [0.5, 0.6) is 17.5 Å². The molecule has 0 atom stereocenters. The molecule has 2 N–H and O–H groups in total. The Labute approximate surface area is 132 Å². The SMILES string of the molecule is O=C(Nc1ccc(O)cc1)c1cnc(Oc2ccccc2)nc1. The lowest BCUT2D eigenvalue weighted by Gasteiger charge is -2.06. The third kappa shape index (κ3) is 3.82. The van der Waals surface area contributed by atoms with Gasteiger partial charge in [0, 0.05) is 18.1 Å². The molecule has 0 fully saturated rings. The van der Waals surface area contributed by atoms with Gasteiger partial charge >= 0.3 is 6.01 Å². The zero-order valence-corrected chi connectivity index (χ0v) is 12.0. The number of nitrogens with zero attached hydrogens (tertiary/aromatic N) is 2. The normalized spacial score (nSPS) is 10.1. The van der Waals surface area contributed by atoms with Gasteiger partial charge in [0.1, 0.15) is 11.5 Å². The van der Waals surface area contributed by atoms with Gasteiger partial charge < -0.3 is 15.2 Å². The van der Waals surface area contributed by atoms with E-state index in [1.54, 1.807) is 24.3 Å². The van der Waals surface area contributed by atoms with Crippen molar-refractivity contribution in [2.45, 2.75) is 0 Å². The maximum Gasteiger partial charge on any atom is 0.321 e. The molecule has 0 aliphatic heterocycles. The summed E-state index contributed by atoms with van der Waals surface area (Å²) in [6, 6.07) is 15.5. The van der Waals surface area contributed by atoms with Crippen molar-refractivity contribution in [1.82, 2.24) is 9.97 Å². The smallest absolute Gasteiger partial charge is 0.321 e. The van der Waals surface area contributed by atoms with Crippen LogP contribution in [0.25, 0.3) is 0 Å². The van der Waals surface area contributed by atoms with Crippen molar-refractivity contribution in [1.29, 1.82) is 0 Å². The van der Waals surface area contributed by atoms with Crippen molar-refractivity contribution in [3.8, 4) is 17.5 Å². The molecule has 0 bridgehead atoms. The van der Waals surface area contributed by atoms with E-state index in [2.05, 4.69) is 15.3 Å². The van der Waals surface area contributed by atoms with Crippen molar-refractivity contribution in [3.63, 3.8) is 0 Å². The number of hydrogen-bond acceptors (Lipinski definition) is 5. The van der Waals surface area contributed by atoms with Crippen molar-refractivity contribution < 1.29 is 14.6 Å². The first-order valence-corrected chi connectivity index (χ1v) is 6.86. The first-order valence-electron chi connectivity index (χ1n) is 6.86. The fourth-order valence-corrected chi connectivity index (χ4v) is 1.83. The Bertz CT molecular complexity index is 788. The zero-order chi connectivity index (χ0) is 16.1. The summed E-state index contributed by atoms with van der Waals surface area (Å²) < 4.78 is 5.46. The van der Waals surface area contributed by atoms with E-state index in [-0.39, 0.29) is 17.7 Å². The van der Waals surface area contributed by atoms with Gasteiger partial charge in [0.25, 0.3) is 5.91 Å². The third-order valence-corrected chi connectivity index (χ3v) is 2.97. The average Bonchev–Trinajstić information content (AvgIpc) is 2.58. The first-order chi connectivity index (χ1) is 11.2. The van der Waals surface area contributed by atoms with Crippen LogP contribution in [0.15, 0.2) is 67.0 Å². The van der Waals surface area contributed by atoms with E-state index < -0.39 is 0 Å². The highest BCUT2D eigenvalue weighted by Crippen LogP contribution is 2.17. The van der Waals surface area contributed by atoms with Gasteiger partial charge in [-0.15, -0.1) is 0 Å². The number of hydrogen-bond donors (Lipinski definition) is 2. The van der Waals surface area contributed by atoms with E-state index in [9.17, 15) is 9.90 Å². The number of aromatic hydroxyl groups is 1. The number of amides is 1. The summed E-state index contributed by atoms with van der Waals surface area (Å²) in [7, 11) is 0. The molecular weight excluding hydrogens is 294 g/mol. The summed E-state index contributed by atoms with van der Waals surface area (Å²) in [5.74, 6) is 0.407. The number of phenols is 1. The highest BCUT2D eigenvalue weighted by molar-refractivity contribution is 6.03. The summed E-state index contributed by atoms with van der Waals surface area (Å²) in [6.07, 6.45) is 2.78. The van der Waals surface area contributed by atoms with Crippen molar-refractivity contribution in [2.24, 2.45) is 0 Å². The highest BCUT2D eigenvalue weighted by Gasteiger charge is 2.08. The number of phenolic OH excluding ortho intramolecular Hbond substituents is 1. The summed E-state index contributed by atoms with van der Waals surface area (Å²) >= 11 is 0. The second-order valence-corrected chi connectivity index (χ2v) is 4.67. The van der Waals surface area contributed by atoms with Gasteiger partial charge in [0.2, 0.25) is 0 Å². The Morgan fingerprint density at radius 1 is 0.957 bits per heavy atom. The standard InChI is InChI=1S/C17H13N3O3/c21-14-8-6-13(7-9-14)20-16(22)12-10-18-17(19-11-12)23-15-4-2-1-3-5-15/h1-11,21H,(H,20,22). The number of aromatic nitrogens is 2. The summed E-state index contributed by atoms with van der Waals surface area (Å²) in [6.45, 7) is 0. The Kier molecular flexibility index (Phi) is 4.15. The Balaban J connectivity index is 1.66. The lowest BCUT2D eigenvalue weighted by Crippen LogP contribution is -2.12. The van der Waals surface area contributed by atoms with Gasteiger partial charge in [-0.1, -0.05) is 18.2 Å². The molecule has 0 saturated heterocycles. The number of benzene rings is 2. The van der Waals surface area contributed by atoms with Crippen LogP contribution in [0.2, 0.25) is 0 Å². The molecule has 3 rings (SSSR count). The first kappa shape index (κ1) is 14.5. The predicted molar refractivity (Wildman–Crippen MR) is 84.6 cm³/mol. The molecule has 3 aromatic rings. The molecule has 6 nitrogen and oxygen atoms in total. The molecule has 6 heteroatoms. The van der Waals surface area contributed by atoms with E-state index in [4.69, 9.17) is 4.74 Å². The number of carbonyl (C=O) groups excluding carboxylic acids is 1. The van der Waals surface area contributed by atoms with Crippen LogP contribution >= 0.6 is 0 Å². The van der Waals surface area contributed by atoms with Gasteiger partial charge in [-0.3, -0.25) is 4.79 Å². The van der Waals surface area contributed by atoms with Crippen LogP contribution in [-0.4, -0.2) is 21.0 Å². The number of para-hydroxylation sites is 1. The second kappa shape index (κ2) is 6.57. The Morgan fingerprint density at radius 3 is 2.26 bits per heavy atom. The zero-order valence-electron chi connectivity index (χ0n) is 12.0. The second-order valence-electron chi connectivity index (χ2n) is 4.67. The minimum atomic E-state index is -0.345. The van der Waals surface area contributed by atoms with Crippen molar-refractivity contribution in [3.05, 3.63) is 72.6 Å². The van der Waals surface area contributed by atoms with Gasteiger partial charge in [-0.25, -0.2) is 9.97 Å². The molecule has 1 aromatic heterocycles. The quantitative estimate of drug-likeness (QED) is 0.723. The minimum absolute atomic E-state index is 0.133. The van der Waals surface area contributed by atoms with Crippen LogP contribution in [0.4, 0.5) is 5.69 Å². The van der Waals surface area contributed by atoms with E-state index in [1.807, 2.05) is 18.2 Å². The number of rotatable bonds is 4. The summed E-state index contributed by atoms with van der Waals surface area (Å²) in [5.41, 5.74) is 0.871. The number of nitrogens with one attached hydrogen (secondary N) is 1.